The van der Waals surface area contributed by atoms with Gasteiger partial charge in [0, 0.05) is 12.8 Å². The lowest BCUT2D eigenvalue weighted by Crippen LogP contribution is -2.28. The van der Waals surface area contributed by atoms with Crippen LogP contribution >= 0.6 is 7.82 Å². The molecule has 0 aliphatic rings. The predicted octanol–water partition coefficient (Wildman–Crippen LogP) is 9.78. The summed E-state index contributed by atoms with van der Waals surface area (Å²) in [5, 5.41) is 19.1. The first kappa shape index (κ1) is 48.9. The van der Waals surface area contributed by atoms with E-state index in [1.54, 1.807) is 0 Å². The topological polar surface area (TPSA) is 149 Å². The average Bonchev–Trinajstić information content (AvgIpc) is 3.12. The highest BCUT2D eigenvalue weighted by atomic mass is 31.2. The number of allylic oxidation sites excluding steroid dienone is 8. The molecule has 0 spiro atoms. The van der Waals surface area contributed by atoms with Crippen LogP contribution < -0.4 is 0 Å². The lowest BCUT2D eigenvalue weighted by molar-refractivity contribution is -0.153. The minimum Gasteiger partial charge on any atom is -0.457 e. The maximum Gasteiger partial charge on any atom is 0.472 e. The fraction of sp³-hybridized carbons (Fsp3) is 0.750. The lowest BCUT2D eigenvalue weighted by Gasteiger charge is -2.20. The Hall–Kier alpha value is -2.07. The molecule has 0 saturated carbocycles. The van der Waals surface area contributed by atoms with E-state index in [0.717, 1.165) is 89.9 Å². The second-order valence-corrected chi connectivity index (χ2v) is 14.3. The zero-order valence-corrected chi connectivity index (χ0v) is 32.7. The first-order valence-corrected chi connectivity index (χ1v) is 21.1. The van der Waals surface area contributed by atoms with Crippen molar-refractivity contribution in [2.24, 2.45) is 0 Å². The van der Waals surface area contributed by atoms with E-state index in [1.165, 1.54) is 25.7 Å². The minimum absolute atomic E-state index is 0.179. The molecule has 0 heterocycles. The Kier molecular flexibility index (Phi) is 34.8. The molecule has 51 heavy (non-hydrogen) atoms. The molecule has 3 N–H and O–H groups in total. The van der Waals surface area contributed by atoms with Crippen LogP contribution in [-0.2, 0) is 32.7 Å². The molecule has 0 fully saturated rings. The second kappa shape index (κ2) is 36.3. The molecule has 0 bridgehead atoms. The third kappa shape index (κ3) is 34.8. The van der Waals surface area contributed by atoms with Crippen molar-refractivity contribution in [2.45, 2.75) is 167 Å². The number of aliphatic hydroxyl groups excluding tert-OH is 2. The molecule has 0 aromatic heterocycles. The van der Waals surface area contributed by atoms with Gasteiger partial charge in [-0.3, -0.25) is 18.6 Å². The number of unbranched alkanes of at least 4 members (excludes halogenated alkanes) is 14. The number of carbonyl (C=O) groups excluding carboxylic acids is 2. The molecular weight excluding hydrogens is 671 g/mol. The van der Waals surface area contributed by atoms with Gasteiger partial charge < -0.3 is 24.6 Å². The van der Waals surface area contributed by atoms with Crippen LogP contribution in [-0.4, -0.2) is 65.7 Å². The van der Waals surface area contributed by atoms with Crippen LogP contribution in [0.25, 0.3) is 0 Å². The van der Waals surface area contributed by atoms with Crippen LogP contribution in [0.3, 0.4) is 0 Å². The van der Waals surface area contributed by atoms with Gasteiger partial charge >= 0.3 is 19.8 Å². The first-order valence-electron chi connectivity index (χ1n) is 19.6. The molecule has 11 heteroatoms. The fourth-order valence-electron chi connectivity index (χ4n) is 4.99. The number of rotatable bonds is 36. The van der Waals surface area contributed by atoms with Gasteiger partial charge in [-0.25, -0.2) is 4.57 Å². The summed E-state index contributed by atoms with van der Waals surface area (Å²) in [7, 11) is -4.64. The van der Waals surface area contributed by atoms with E-state index in [4.69, 9.17) is 18.5 Å². The summed E-state index contributed by atoms with van der Waals surface area (Å²) in [6.07, 6.45) is 36.6. The molecular formula is C40H71O10P. The van der Waals surface area contributed by atoms with Crippen LogP contribution in [0, 0.1) is 0 Å². The molecule has 10 nitrogen and oxygen atoms in total. The predicted molar refractivity (Wildman–Crippen MR) is 205 cm³/mol. The Morgan fingerprint density at radius 2 is 0.922 bits per heavy atom. The smallest absolute Gasteiger partial charge is 0.457 e. The molecule has 0 rings (SSSR count). The van der Waals surface area contributed by atoms with Gasteiger partial charge in [-0.1, -0.05) is 127 Å². The van der Waals surface area contributed by atoms with Crippen LogP contribution in [0.2, 0.25) is 0 Å². The largest absolute Gasteiger partial charge is 0.472 e. The molecule has 296 valence electrons. The molecule has 0 amide bonds. The molecule has 0 aromatic rings. The summed E-state index contributed by atoms with van der Waals surface area (Å²) in [5.74, 6) is -1.04. The SMILES string of the molecule is CC/C=C\C/C=C\C/C=C\CCCCCCCCCC(=O)OC(CO)COP(=O)(O)OCC(CO)OC(=O)CCCCCCC/C=C\CCCC. The summed E-state index contributed by atoms with van der Waals surface area (Å²) < 4.78 is 32.4. The van der Waals surface area contributed by atoms with Crippen molar-refractivity contribution in [1.82, 2.24) is 0 Å². The van der Waals surface area contributed by atoms with Crippen molar-refractivity contribution < 1.29 is 47.8 Å². The van der Waals surface area contributed by atoms with E-state index in [1.807, 2.05) is 0 Å². The van der Waals surface area contributed by atoms with E-state index in [-0.39, 0.29) is 12.8 Å². The van der Waals surface area contributed by atoms with Crippen LogP contribution in [0.1, 0.15) is 155 Å². The number of ether oxygens (including phenoxy) is 2. The van der Waals surface area contributed by atoms with Crippen LogP contribution in [0.4, 0.5) is 0 Å². The van der Waals surface area contributed by atoms with Gasteiger partial charge in [0.05, 0.1) is 26.4 Å². The van der Waals surface area contributed by atoms with Crippen LogP contribution in [0.15, 0.2) is 48.6 Å². The van der Waals surface area contributed by atoms with Gasteiger partial charge in [0.25, 0.3) is 0 Å². The zero-order valence-electron chi connectivity index (χ0n) is 31.8. The molecule has 3 atom stereocenters. The molecule has 3 unspecified atom stereocenters. The van der Waals surface area contributed by atoms with Gasteiger partial charge in [-0.15, -0.1) is 0 Å². The molecule has 0 aliphatic carbocycles. The third-order valence-electron chi connectivity index (χ3n) is 8.03. The average molecular weight is 743 g/mol. The highest BCUT2D eigenvalue weighted by Gasteiger charge is 2.27. The van der Waals surface area contributed by atoms with Crippen molar-refractivity contribution in [3.63, 3.8) is 0 Å². The lowest BCUT2D eigenvalue weighted by atomic mass is 10.1. The van der Waals surface area contributed by atoms with E-state index in [9.17, 15) is 29.3 Å². The van der Waals surface area contributed by atoms with Crippen LogP contribution in [0.5, 0.6) is 0 Å². The van der Waals surface area contributed by atoms with E-state index >= 15 is 0 Å². The van der Waals surface area contributed by atoms with Gasteiger partial charge in [0.1, 0.15) is 12.2 Å². The summed E-state index contributed by atoms with van der Waals surface area (Å²) in [5.41, 5.74) is 0. The maximum atomic E-state index is 12.3. The van der Waals surface area contributed by atoms with Gasteiger partial charge in [0.2, 0.25) is 0 Å². The second-order valence-electron chi connectivity index (χ2n) is 12.9. The minimum atomic E-state index is -4.64. The van der Waals surface area contributed by atoms with E-state index in [2.05, 4.69) is 62.5 Å². The van der Waals surface area contributed by atoms with Crippen molar-refractivity contribution in [2.75, 3.05) is 26.4 Å². The molecule has 0 radical (unpaired) electrons. The molecule has 0 aliphatic heterocycles. The Bertz CT molecular complexity index is 994. The van der Waals surface area contributed by atoms with Gasteiger partial charge in [-0.05, 0) is 64.2 Å². The third-order valence-corrected chi connectivity index (χ3v) is 8.98. The summed E-state index contributed by atoms with van der Waals surface area (Å²) >= 11 is 0. The number of aliphatic hydroxyl groups is 2. The monoisotopic (exact) mass is 742 g/mol. The maximum absolute atomic E-state index is 12.3. The first-order chi connectivity index (χ1) is 24.8. The van der Waals surface area contributed by atoms with Gasteiger partial charge in [-0.2, -0.15) is 0 Å². The number of esters is 2. The van der Waals surface area contributed by atoms with Crippen molar-refractivity contribution in [3.8, 4) is 0 Å². The zero-order chi connectivity index (χ0) is 37.7. The summed E-state index contributed by atoms with van der Waals surface area (Å²) in [6, 6.07) is 0. The van der Waals surface area contributed by atoms with Crippen molar-refractivity contribution >= 4 is 19.8 Å². The molecule has 0 aromatic carbocycles. The number of phosphoric ester groups is 1. The van der Waals surface area contributed by atoms with Crippen molar-refractivity contribution in [3.05, 3.63) is 48.6 Å². The van der Waals surface area contributed by atoms with Gasteiger partial charge in [0.15, 0.2) is 0 Å². The standard InChI is InChI=1S/C40H71O10P/c1-3-5-7-9-11-13-15-16-17-18-19-20-22-24-26-28-30-32-40(44)50-38(34-42)36-48-51(45,46)47-35-37(33-41)49-39(43)31-29-27-25-23-21-14-12-10-8-6-4-2/h5,7,10-13,16-17,37-38,41-42H,3-4,6,8-9,14-15,18-36H2,1-2H3,(H,45,46)/b7-5-,12-10-,13-11-,17-16-. The van der Waals surface area contributed by atoms with Crippen molar-refractivity contribution in [1.29, 1.82) is 0 Å². The Balaban J connectivity index is 3.98. The Morgan fingerprint density at radius 3 is 1.35 bits per heavy atom. The number of hydrogen-bond donors (Lipinski definition) is 3. The fourth-order valence-corrected chi connectivity index (χ4v) is 5.77. The normalized spacial score (nSPS) is 14.5. The number of hydrogen-bond acceptors (Lipinski definition) is 9. The Labute approximate surface area is 309 Å². The summed E-state index contributed by atoms with van der Waals surface area (Å²) in [4.78, 5) is 34.4. The van der Waals surface area contributed by atoms with E-state index < -0.39 is 58.4 Å². The quantitative estimate of drug-likeness (QED) is 0.0245. The highest BCUT2D eigenvalue weighted by Crippen LogP contribution is 2.43. The molecule has 0 saturated heterocycles. The highest BCUT2D eigenvalue weighted by molar-refractivity contribution is 7.47. The summed E-state index contributed by atoms with van der Waals surface area (Å²) in [6.45, 7) is 2.01. The Morgan fingerprint density at radius 1 is 0.549 bits per heavy atom. The van der Waals surface area contributed by atoms with E-state index in [0.29, 0.717) is 12.8 Å². The number of phosphoric acid groups is 1. The number of carbonyl (C=O) groups is 2.